The summed E-state index contributed by atoms with van der Waals surface area (Å²) in [5.41, 5.74) is 1.75. The fourth-order valence-corrected chi connectivity index (χ4v) is 3.16. The van der Waals surface area contributed by atoms with E-state index in [1.165, 1.54) is 4.31 Å². The summed E-state index contributed by atoms with van der Waals surface area (Å²) in [5.74, 6) is 0.543. The number of hydrogen-bond donors (Lipinski definition) is 0. The van der Waals surface area contributed by atoms with Crippen molar-refractivity contribution in [3.63, 3.8) is 0 Å². The van der Waals surface area contributed by atoms with Crippen LogP contribution in [0.2, 0.25) is 0 Å². The topological polar surface area (TPSA) is 49.7 Å². The van der Waals surface area contributed by atoms with Crippen molar-refractivity contribution in [1.29, 1.82) is 0 Å². The molecule has 0 fully saturated rings. The molecule has 1 aromatic carbocycles. The zero-order valence-electron chi connectivity index (χ0n) is 9.56. The Morgan fingerprint density at radius 3 is 2.69 bits per heavy atom. The number of nitrogens with zero attached hydrogens (tertiary/aromatic N) is 2. The van der Waals surface area contributed by atoms with E-state index in [1.807, 2.05) is 19.9 Å². The minimum atomic E-state index is -3.37. The largest absolute Gasteiger partial charge is 0.267 e. The fraction of sp³-hybridized carbons (Fsp3) is 0.364. The Balaban J connectivity index is 2.76. The van der Waals surface area contributed by atoms with E-state index in [4.69, 9.17) is 0 Å². The van der Waals surface area contributed by atoms with Gasteiger partial charge < -0.3 is 0 Å². The highest BCUT2D eigenvalue weighted by atomic mass is 32.2. The van der Waals surface area contributed by atoms with E-state index in [-0.39, 0.29) is 0 Å². The van der Waals surface area contributed by atoms with Gasteiger partial charge in [-0.2, -0.15) is 0 Å². The SMILES string of the molecule is CCN=C1c2cc(C)ccc2S(=O)(=O)N1C. The molecule has 2 rings (SSSR count). The van der Waals surface area contributed by atoms with Crippen molar-refractivity contribution in [3.8, 4) is 0 Å². The summed E-state index contributed by atoms with van der Waals surface area (Å²) in [6, 6.07) is 5.32. The summed E-state index contributed by atoms with van der Waals surface area (Å²) >= 11 is 0. The molecule has 0 bridgehead atoms. The Hall–Kier alpha value is -1.36. The maximum Gasteiger partial charge on any atom is 0.265 e. The molecule has 1 heterocycles. The van der Waals surface area contributed by atoms with Crippen LogP contribution in [0.25, 0.3) is 0 Å². The number of aryl methyl sites for hydroxylation is 1. The predicted molar refractivity (Wildman–Crippen MR) is 63.2 cm³/mol. The first-order valence-corrected chi connectivity index (χ1v) is 6.57. The van der Waals surface area contributed by atoms with Gasteiger partial charge in [0.05, 0.1) is 4.90 Å². The highest BCUT2D eigenvalue weighted by Crippen LogP contribution is 2.30. The zero-order valence-corrected chi connectivity index (χ0v) is 10.4. The lowest BCUT2D eigenvalue weighted by Gasteiger charge is -2.10. The second-order valence-electron chi connectivity index (χ2n) is 3.77. The van der Waals surface area contributed by atoms with E-state index < -0.39 is 10.0 Å². The molecule has 1 aromatic rings. The molecule has 86 valence electrons. The summed E-state index contributed by atoms with van der Waals surface area (Å²) in [6.07, 6.45) is 0. The maximum atomic E-state index is 12.0. The standard InChI is InChI=1S/C11H14N2O2S/c1-4-12-11-9-7-8(2)5-6-10(9)16(14,15)13(11)3/h5-7H,4H2,1-3H3. The van der Waals surface area contributed by atoms with E-state index in [9.17, 15) is 8.42 Å². The number of hydrogen-bond acceptors (Lipinski definition) is 3. The molecule has 0 aromatic heterocycles. The van der Waals surface area contributed by atoms with Crippen molar-refractivity contribution in [2.45, 2.75) is 18.7 Å². The van der Waals surface area contributed by atoms with Gasteiger partial charge in [0, 0.05) is 19.2 Å². The molecule has 0 saturated heterocycles. The molecule has 4 nitrogen and oxygen atoms in total. The third-order valence-electron chi connectivity index (χ3n) is 2.62. The molecule has 0 saturated carbocycles. The van der Waals surface area contributed by atoms with Crippen molar-refractivity contribution >= 4 is 15.9 Å². The molecular weight excluding hydrogens is 224 g/mol. The Kier molecular flexibility index (Phi) is 2.50. The van der Waals surface area contributed by atoms with Gasteiger partial charge in [-0.05, 0) is 26.0 Å². The average molecular weight is 238 g/mol. The molecule has 0 atom stereocenters. The van der Waals surface area contributed by atoms with Gasteiger partial charge >= 0.3 is 0 Å². The summed E-state index contributed by atoms with van der Waals surface area (Å²) < 4.78 is 25.3. The molecule has 0 N–H and O–H groups in total. The normalized spacial score (nSPS) is 20.2. The number of rotatable bonds is 1. The molecule has 1 aliphatic heterocycles. The van der Waals surface area contributed by atoms with E-state index in [0.717, 1.165) is 5.56 Å². The van der Waals surface area contributed by atoms with E-state index >= 15 is 0 Å². The summed E-state index contributed by atoms with van der Waals surface area (Å²) in [5, 5.41) is 0. The van der Waals surface area contributed by atoms with Gasteiger partial charge in [0.15, 0.2) is 0 Å². The lowest BCUT2D eigenvalue weighted by atomic mass is 10.1. The third kappa shape index (κ3) is 1.43. The summed E-state index contributed by atoms with van der Waals surface area (Å²) in [4.78, 5) is 4.60. The fourth-order valence-electron chi connectivity index (χ4n) is 1.81. The smallest absolute Gasteiger partial charge is 0.265 e. The van der Waals surface area contributed by atoms with Crippen molar-refractivity contribution in [2.75, 3.05) is 13.6 Å². The maximum absolute atomic E-state index is 12.0. The molecule has 0 unspecified atom stereocenters. The minimum absolute atomic E-state index is 0.354. The molecular formula is C11H14N2O2S. The van der Waals surface area contributed by atoms with E-state index in [2.05, 4.69) is 4.99 Å². The molecule has 0 radical (unpaired) electrons. The second kappa shape index (κ2) is 3.59. The van der Waals surface area contributed by atoms with Crippen LogP contribution in [0.3, 0.4) is 0 Å². The van der Waals surface area contributed by atoms with Crippen LogP contribution in [-0.4, -0.2) is 32.2 Å². The lowest BCUT2D eigenvalue weighted by Crippen LogP contribution is -2.26. The van der Waals surface area contributed by atoms with Gasteiger partial charge in [-0.25, -0.2) is 8.42 Å². The van der Waals surface area contributed by atoms with E-state index in [1.54, 1.807) is 19.2 Å². The molecule has 0 amide bonds. The highest BCUT2D eigenvalue weighted by Gasteiger charge is 2.36. The first kappa shape index (κ1) is 11.1. The Morgan fingerprint density at radius 1 is 1.38 bits per heavy atom. The predicted octanol–water partition coefficient (Wildman–Crippen LogP) is 1.40. The summed E-state index contributed by atoms with van der Waals surface area (Å²) in [7, 11) is -1.83. The Morgan fingerprint density at radius 2 is 2.06 bits per heavy atom. The Bertz CT molecular complexity index is 561. The Labute approximate surface area is 95.7 Å². The molecule has 1 aliphatic rings. The number of aliphatic imine (C=N–C) groups is 1. The van der Waals surface area contributed by atoms with Gasteiger partial charge in [0.1, 0.15) is 5.84 Å². The van der Waals surface area contributed by atoms with Crippen LogP contribution in [0, 0.1) is 6.92 Å². The second-order valence-corrected chi connectivity index (χ2v) is 5.71. The highest BCUT2D eigenvalue weighted by molar-refractivity contribution is 7.90. The quantitative estimate of drug-likeness (QED) is 0.742. The van der Waals surface area contributed by atoms with Gasteiger partial charge in [-0.3, -0.25) is 9.30 Å². The number of fused-ring (bicyclic) bond motifs is 1. The van der Waals surface area contributed by atoms with Gasteiger partial charge in [0.2, 0.25) is 0 Å². The van der Waals surface area contributed by atoms with Crippen molar-refractivity contribution in [3.05, 3.63) is 29.3 Å². The monoisotopic (exact) mass is 238 g/mol. The van der Waals surface area contributed by atoms with Crippen LogP contribution < -0.4 is 0 Å². The number of sulfonamides is 1. The van der Waals surface area contributed by atoms with Crippen molar-refractivity contribution in [1.82, 2.24) is 4.31 Å². The van der Waals surface area contributed by atoms with Crippen LogP contribution >= 0.6 is 0 Å². The lowest BCUT2D eigenvalue weighted by molar-refractivity contribution is 0.559. The summed E-state index contributed by atoms with van der Waals surface area (Å²) in [6.45, 7) is 4.40. The first-order chi connectivity index (χ1) is 7.48. The minimum Gasteiger partial charge on any atom is -0.267 e. The van der Waals surface area contributed by atoms with Gasteiger partial charge in [0.25, 0.3) is 10.0 Å². The molecule has 0 spiro atoms. The van der Waals surface area contributed by atoms with Crippen LogP contribution in [-0.2, 0) is 10.0 Å². The van der Waals surface area contributed by atoms with Crippen LogP contribution in [0.5, 0.6) is 0 Å². The van der Waals surface area contributed by atoms with Crippen LogP contribution in [0.4, 0.5) is 0 Å². The zero-order chi connectivity index (χ0) is 11.9. The molecule has 16 heavy (non-hydrogen) atoms. The number of amidine groups is 1. The molecule has 0 aliphatic carbocycles. The van der Waals surface area contributed by atoms with Crippen molar-refractivity contribution < 1.29 is 8.42 Å². The van der Waals surface area contributed by atoms with Gasteiger partial charge in [-0.1, -0.05) is 11.6 Å². The first-order valence-electron chi connectivity index (χ1n) is 5.13. The third-order valence-corrected chi connectivity index (χ3v) is 4.43. The van der Waals surface area contributed by atoms with Crippen LogP contribution in [0.15, 0.2) is 28.1 Å². The molecule has 5 heteroatoms. The van der Waals surface area contributed by atoms with E-state index in [0.29, 0.717) is 22.8 Å². The average Bonchev–Trinajstić information content (AvgIpc) is 2.40. The van der Waals surface area contributed by atoms with Gasteiger partial charge in [-0.15, -0.1) is 0 Å². The van der Waals surface area contributed by atoms with Crippen molar-refractivity contribution in [2.24, 2.45) is 4.99 Å². The van der Waals surface area contributed by atoms with Crippen LogP contribution in [0.1, 0.15) is 18.1 Å². The number of benzene rings is 1.